The lowest BCUT2D eigenvalue weighted by Gasteiger charge is -2.04. The summed E-state index contributed by atoms with van der Waals surface area (Å²) >= 11 is 0. The van der Waals surface area contributed by atoms with Crippen molar-refractivity contribution in [1.82, 2.24) is 15.1 Å². The Kier molecular flexibility index (Phi) is 3.27. The van der Waals surface area contributed by atoms with Crippen LogP contribution >= 0.6 is 0 Å². The zero-order valence-electron chi connectivity index (χ0n) is 9.85. The molecule has 0 fully saturated rings. The Bertz CT molecular complexity index is 579. The van der Waals surface area contributed by atoms with Gasteiger partial charge in [-0.25, -0.2) is 4.39 Å². The van der Waals surface area contributed by atoms with E-state index in [1.54, 1.807) is 24.0 Å². The van der Waals surface area contributed by atoms with Gasteiger partial charge >= 0.3 is 0 Å². The Hall–Kier alpha value is -2.37. The lowest BCUT2D eigenvalue weighted by Crippen LogP contribution is -2.23. The van der Waals surface area contributed by atoms with Crippen LogP contribution in [-0.4, -0.2) is 15.7 Å². The standard InChI is InChI=1S/C12H13FN4O/c1-17-5-4-9(16-17)7-15-12(18)8-2-3-11(14)10(13)6-8/h2-6H,7,14H2,1H3,(H,15,18). The van der Waals surface area contributed by atoms with E-state index in [9.17, 15) is 9.18 Å². The van der Waals surface area contributed by atoms with Gasteiger partial charge in [0.2, 0.25) is 0 Å². The SMILES string of the molecule is Cn1ccc(CNC(=O)c2ccc(N)c(F)c2)n1. The molecule has 1 aromatic carbocycles. The van der Waals surface area contributed by atoms with Crippen LogP contribution in [0.15, 0.2) is 30.5 Å². The van der Waals surface area contributed by atoms with Crippen molar-refractivity contribution in [2.24, 2.45) is 7.05 Å². The predicted molar refractivity (Wildman–Crippen MR) is 65.2 cm³/mol. The molecular weight excluding hydrogens is 235 g/mol. The summed E-state index contributed by atoms with van der Waals surface area (Å²) < 4.78 is 14.8. The van der Waals surface area contributed by atoms with E-state index >= 15 is 0 Å². The van der Waals surface area contributed by atoms with Crippen molar-refractivity contribution in [1.29, 1.82) is 0 Å². The molecule has 5 nitrogen and oxygen atoms in total. The van der Waals surface area contributed by atoms with Crippen LogP contribution in [0.3, 0.4) is 0 Å². The quantitative estimate of drug-likeness (QED) is 0.798. The molecule has 1 heterocycles. The minimum atomic E-state index is -0.597. The Morgan fingerprint density at radius 2 is 2.28 bits per heavy atom. The number of hydrogen-bond donors (Lipinski definition) is 2. The summed E-state index contributed by atoms with van der Waals surface area (Å²) in [5.74, 6) is -0.958. The number of carbonyl (C=O) groups is 1. The summed E-state index contributed by atoms with van der Waals surface area (Å²) in [6, 6.07) is 5.75. The predicted octanol–water partition coefficient (Wildman–Crippen LogP) is 1.07. The van der Waals surface area contributed by atoms with E-state index in [1.165, 1.54) is 12.1 Å². The van der Waals surface area contributed by atoms with E-state index < -0.39 is 5.82 Å². The molecule has 0 aliphatic heterocycles. The number of nitrogens with two attached hydrogens (primary N) is 1. The van der Waals surface area contributed by atoms with Crippen molar-refractivity contribution in [2.45, 2.75) is 6.54 Å². The van der Waals surface area contributed by atoms with Crippen molar-refractivity contribution in [3.05, 3.63) is 47.5 Å². The normalized spacial score (nSPS) is 10.3. The highest BCUT2D eigenvalue weighted by molar-refractivity contribution is 5.94. The minimum absolute atomic E-state index is 0.0243. The monoisotopic (exact) mass is 248 g/mol. The lowest BCUT2D eigenvalue weighted by molar-refractivity contribution is 0.0950. The van der Waals surface area contributed by atoms with Crippen molar-refractivity contribution in [2.75, 3.05) is 5.73 Å². The summed E-state index contributed by atoms with van der Waals surface area (Å²) in [5, 5.41) is 6.77. The van der Waals surface area contributed by atoms with E-state index in [0.29, 0.717) is 6.54 Å². The third-order valence-electron chi connectivity index (χ3n) is 2.46. The second-order valence-corrected chi connectivity index (χ2v) is 3.90. The van der Waals surface area contributed by atoms with Crippen LogP contribution in [0.1, 0.15) is 16.1 Å². The summed E-state index contributed by atoms with van der Waals surface area (Å²) in [7, 11) is 1.79. The molecule has 0 bridgehead atoms. The first-order valence-corrected chi connectivity index (χ1v) is 5.38. The van der Waals surface area contributed by atoms with E-state index in [0.717, 1.165) is 11.8 Å². The molecule has 0 unspecified atom stereocenters. The molecule has 0 aliphatic rings. The topological polar surface area (TPSA) is 72.9 Å². The highest BCUT2D eigenvalue weighted by Gasteiger charge is 2.08. The summed E-state index contributed by atoms with van der Waals surface area (Å²) in [6.45, 7) is 0.297. The number of halogens is 1. The molecule has 2 aromatic rings. The maximum Gasteiger partial charge on any atom is 0.251 e. The molecule has 0 aliphatic carbocycles. The summed E-state index contributed by atoms with van der Waals surface area (Å²) in [4.78, 5) is 11.7. The first-order valence-electron chi connectivity index (χ1n) is 5.38. The first-order chi connectivity index (χ1) is 8.56. The lowest BCUT2D eigenvalue weighted by atomic mass is 10.2. The molecule has 94 valence electrons. The number of rotatable bonds is 3. The molecule has 0 spiro atoms. The van der Waals surface area contributed by atoms with Gasteiger partial charge < -0.3 is 11.1 Å². The molecule has 1 amide bonds. The maximum atomic E-state index is 13.2. The maximum absolute atomic E-state index is 13.2. The molecule has 0 atom stereocenters. The van der Waals surface area contributed by atoms with Gasteiger partial charge in [0.15, 0.2) is 0 Å². The average molecular weight is 248 g/mol. The van der Waals surface area contributed by atoms with E-state index in [1.807, 2.05) is 0 Å². The molecular formula is C12H13FN4O. The highest BCUT2D eigenvalue weighted by atomic mass is 19.1. The molecule has 0 saturated heterocycles. The fourth-order valence-electron chi connectivity index (χ4n) is 1.50. The van der Waals surface area contributed by atoms with Gasteiger partial charge in [-0.2, -0.15) is 5.10 Å². The number of benzene rings is 1. The van der Waals surface area contributed by atoms with Gasteiger partial charge in [-0.15, -0.1) is 0 Å². The number of nitrogens with one attached hydrogen (secondary N) is 1. The van der Waals surface area contributed by atoms with Gasteiger partial charge in [-0.1, -0.05) is 0 Å². The number of nitrogen functional groups attached to an aromatic ring is 1. The van der Waals surface area contributed by atoms with Gasteiger partial charge in [-0.05, 0) is 24.3 Å². The molecule has 6 heteroatoms. The zero-order chi connectivity index (χ0) is 13.1. The largest absolute Gasteiger partial charge is 0.396 e. The van der Waals surface area contributed by atoms with Crippen LogP contribution in [0.5, 0.6) is 0 Å². The van der Waals surface area contributed by atoms with Crippen molar-refractivity contribution >= 4 is 11.6 Å². The smallest absolute Gasteiger partial charge is 0.251 e. The number of aromatic nitrogens is 2. The van der Waals surface area contributed by atoms with Crippen molar-refractivity contribution in [3.8, 4) is 0 Å². The van der Waals surface area contributed by atoms with Crippen LogP contribution < -0.4 is 11.1 Å². The van der Waals surface area contributed by atoms with Gasteiger partial charge in [0.25, 0.3) is 5.91 Å². The van der Waals surface area contributed by atoms with E-state index in [-0.39, 0.29) is 17.2 Å². The number of hydrogen-bond acceptors (Lipinski definition) is 3. The number of anilines is 1. The Morgan fingerprint density at radius 1 is 1.50 bits per heavy atom. The molecule has 0 radical (unpaired) electrons. The molecule has 0 saturated carbocycles. The fraction of sp³-hybridized carbons (Fsp3) is 0.167. The van der Waals surface area contributed by atoms with Gasteiger partial charge in [0.05, 0.1) is 17.9 Å². The number of amides is 1. The van der Waals surface area contributed by atoms with Crippen LogP contribution in [0, 0.1) is 5.82 Å². The second-order valence-electron chi connectivity index (χ2n) is 3.90. The van der Waals surface area contributed by atoms with Crippen molar-refractivity contribution < 1.29 is 9.18 Å². The molecule has 1 aromatic heterocycles. The first kappa shape index (κ1) is 12.1. The number of nitrogens with zero attached hydrogens (tertiary/aromatic N) is 2. The van der Waals surface area contributed by atoms with Crippen molar-refractivity contribution in [3.63, 3.8) is 0 Å². The number of aryl methyl sites for hydroxylation is 1. The van der Waals surface area contributed by atoms with Gasteiger partial charge in [0.1, 0.15) is 5.82 Å². The van der Waals surface area contributed by atoms with Gasteiger partial charge in [0, 0.05) is 18.8 Å². The van der Waals surface area contributed by atoms with Crippen LogP contribution in [-0.2, 0) is 13.6 Å². The van der Waals surface area contributed by atoms with E-state index in [2.05, 4.69) is 10.4 Å². The van der Waals surface area contributed by atoms with Gasteiger partial charge in [-0.3, -0.25) is 9.48 Å². The highest BCUT2D eigenvalue weighted by Crippen LogP contribution is 2.11. The fourth-order valence-corrected chi connectivity index (χ4v) is 1.50. The van der Waals surface area contributed by atoms with Crippen LogP contribution in [0.25, 0.3) is 0 Å². The molecule has 3 N–H and O–H groups in total. The van der Waals surface area contributed by atoms with Crippen LogP contribution in [0.2, 0.25) is 0 Å². The average Bonchev–Trinajstić information content (AvgIpc) is 2.75. The Balaban J connectivity index is 2.01. The zero-order valence-corrected chi connectivity index (χ0v) is 9.85. The third-order valence-corrected chi connectivity index (χ3v) is 2.46. The Morgan fingerprint density at radius 3 is 2.89 bits per heavy atom. The Labute approximate surface area is 103 Å². The molecule has 2 rings (SSSR count). The van der Waals surface area contributed by atoms with Crippen LogP contribution in [0.4, 0.5) is 10.1 Å². The van der Waals surface area contributed by atoms with E-state index in [4.69, 9.17) is 5.73 Å². The molecule has 18 heavy (non-hydrogen) atoms. The summed E-state index contributed by atoms with van der Waals surface area (Å²) in [6.07, 6.45) is 1.78. The second kappa shape index (κ2) is 4.87. The number of carbonyl (C=O) groups excluding carboxylic acids is 1. The minimum Gasteiger partial charge on any atom is -0.396 e. The summed E-state index contributed by atoms with van der Waals surface area (Å²) in [5.41, 5.74) is 6.33. The third kappa shape index (κ3) is 2.65.